The molecule has 0 aromatic carbocycles. The fourth-order valence-corrected chi connectivity index (χ4v) is 1.81. The van der Waals surface area contributed by atoms with Crippen LogP contribution in [0.1, 0.15) is 41.5 Å². The van der Waals surface area contributed by atoms with Gasteiger partial charge in [0.25, 0.3) is 11.5 Å². The minimum atomic E-state index is -0.546. The first-order valence-corrected chi connectivity index (χ1v) is 6.53. The molecule has 0 saturated heterocycles. The summed E-state index contributed by atoms with van der Waals surface area (Å²) < 4.78 is 0. The highest BCUT2D eigenvalue weighted by molar-refractivity contribution is 6.34. The van der Waals surface area contributed by atoms with Gasteiger partial charge in [0.15, 0.2) is 5.82 Å². The topological polar surface area (TPSA) is 90.6 Å². The quantitative estimate of drug-likeness (QED) is 0.812. The molecule has 0 atom stereocenters. The van der Waals surface area contributed by atoms with Crippen molar-refractivity contribution in [2.45, 2.75) is 26.7 Å². The number of rotatable bonds is 3. The lowest BCUT2D eigenvalue weighted by atomic mass is 10.1. The van der Waals surface area contributed by atoms with E-state index in [1.807, 2.05) is 13.8 Å². The highest BCUT2D eigenvalue weighted by Gasteiger charge is 2.16. The zero-order valence-electron chi connectivity index (χ0n) is 11.4. The average Bonchev–Trinajstić information content (AvgIpc) is 2.70. The average molecular weight is 295 g/mol. The van der Waals surface area contributed by atoms with Crippen molar-refractivity contribution in [1.29, 1.82) is 0 Å². The number of hydrogen-bond donors (Lipinski definition) is 3. The summed E-state index contributed by atoms with van der Waals surface area (Å²) in [4.78, 5) is 26.6. The summed E-state index contributed by atoms with van der Waals surface area (Å²) in [5.74, 6) is -0.153. The number of aromatic nitrogens is 3. The van der Waals surface area contributed by atoms with Crippen LogP contribution in [-0.4, -0.2) is 21.1 Å². The summed E-state index contributed by atoms with van der Waals surface area (Å²) >= 11 is 5.95. The molecule has 0 spiro atoms. The molecule has 0 radical (unpaired) electrons. The molecule has 7 heteroatoms. The summed E-state index contributed by atoms with van der Waals surface area (Å²) in [6.07, 6.45) is 0. The van der Waals surface area contributed by atoms with E-state index >= 15 is 0 Å². The molecule has 2 rings (SSSR count). The number of carbonyl (C=O) groups is 1. The van der Waals surface area contributed by atoms with Crippen LogP contribution in [0.4, 0.5) is 5.82 Å². The van der Waals surface area contributed by atoms with Crippen LogP contribution < -0.4 is 10.9 Å². The molecule has 0 unspecified atom stereocenters. The molecule has 2 aromatic heterocycles. The van der Waals surface area contributed by atoms with E-state index in [0.717, 1.165) is 5.69 Å². The largest absolute Gasteiger partial charge is 0.325 e. The number of nitrogens with one attached hydrogen (secondary N) is 3. The van der Waals surface area contributed by atoms with Crippen molar-refractivity contribution in [1.82, 2.24) is 15.2 Å². The Hall–Kier alpha value is -2.08. The van der Waals surface area contributed by atoms with E-state index in [4.69, 9.17) is 11.6 Å². The van der Waals surface area contributed by atoms with Crippen molar-refractivity contribution in [3.8, 4) is 0 Å². The van der Waals surface area contributed by atoms with Gasteiger partial charge in [-0.1, -0.05) is 25.4 Å². The zero-order chi connectivity index (χ0) is 14.9. The van der Waals surface area contributed by atoms with Crippen molar-refractivity contribution >= 4 is 23.3 Å². The van der Waals surface area contributed by atoms with Crippen molar-refractivity contribution in [3.63, 3.8) is 0 Å². The Balaban J connectivity index is 2.26. The molecule has 2 heterocycles. The van der Waals surface area contributed by atoms with Crippen LogP contribution in [-0.2, 0) is 0 Å². The highest BCUT2D eigenvalue weighted by Crippen LogP contribution is 2.22. The highest BCUT2D eigenvalue weighted by atomic mass is 35.5. The van der Waals surface area contributed by atoms with Crippen molar-refractivity contribution in [3.05, 3.63) is 44.5 Å². The third-order valence-corrected chi connectivity index (χ3v) is 3.37. The molecule has 0 fully saturated rings. The van der Waals surface area contributed by atoms with Crippen LogP contribution >= 0.6 is 11.6 Å². The Bertz CT molecular complexity index is 703. The van der Waals surface area contributed by atoms with E-state index in [2.05, 4.69) is 20.5 Å². The number of anilines is 1. The molecule has 1 amide bonds. The maximum atomic E-state index is 12.0. The molecule has 3 N–H and O–H groups in total. The standard InChI is InChI=1S/C13H15ClN4O2/c1-6(2)9-5-4-8(12(19)15-9)13(20)16-11-10(14)7(3)17-18-11/h4-6H,1-3H3,(H,15,19)(H2,16,17,18,20). The number of halogens is 1. The van der Waals surface area contributed by atoms with E-state index in [1.165, 1.54) is 6.07 Å². The summed E-state index contributed by atoms with van der Waals surface area (Å²) in [6.45, 7) is 5.64. The molecular formula is C13H15ClN4O2. The van der Waals surface area contributed by atoms with Crippen LogP contribution in [0.5, 0.6) is 0 Å². The van der Waals surface area contributed by atoms with E-state index in [1.54, 1.807) is 13.0 Å². The predicted octanol–water partition coefficient (Wildman–Crippen LogP) is 2.44. The molecular weight excluding hydrogens is 280 g/mol. The van der Waals surface area contributed by atoms with Gasteiger partial charge in [-0.05, 0) is 25.0 Å². The molecule has 0 aliphatic heterocycles. The Morgan fingerprint density at radius 3 is 2.60 bits per heavy atom. The number of pyridine rings is 1. The normalized spacial score (nSPS) is 10.8. The van der Waals surface area contributed by atoms with Crippen molar-refractivity contribution in [2.24, 2.45) is 0 Å². The maximum Gasteiger partial charge on any atom is 0.262 e. The Morgan fingerprint density at radius 1 is 1.40 bits per heavy atom. The third kappa shape index (κ3) is 2.75. The SMILES string of the molecule is Cc1[nH]nc(NC(=O)c2ccc(C(C)C)[nH]c2=O)c1Cl. The van der Waals surface area contributed by atoms with Gasteiger partial charge >= 0.3 is 0 Å². The lowest BCUT2D eigenvalue weighted by molar-refractivity contribution is 0.102. The Labute approximate surface area is 120 Å². The van der Waals surface area contributed by atoms with Crippen LogP contribution in [0.3, 0.4) is 0 Å². The van der Waals surface area contributed by atoms with Gasteiger partial charge in [-0.25, -0.2) is 0 Å². The summed E-state index contributed by atoms with van der Waals surface area (Å²) in [6, 6.07) is 3.22. The molecule has 20 heavy (non-hydrogen) atoms. The first-order chi connectivity index (χ1) is 9.40. The number of amides is 1. The predicted molar refractivity (Wildman–Crippen MR) is 77.4 cm³/mol. The fourth-order valence-electron chi connectivity index (χ4n) is 1.68. The zero-order valence-corrected chi connectivity index (χ0v) is 12.1. The summed E-state index contributed by atoms with van der Waals surface area (Å²) in [5.41, 5.74) is 1.01. The molecule has 0 aliphatic carbocycles. The van der Waals surface area contributed by atoms with E-state index < -0.39 is 11.5 Å². The third-order valence-electron chi connectivity index (χ3n) is 2.90. The van der Waals surface area contributed by atoms with Crippen molar-refractivity contribution in [2.75, 3.05) is 5.32 Å². The second-order valence-corrected chi connectivity index (χ2v) is 5.15. The number of hydrogen-bond acceptors (Lipinski definition) is 3. The first-order valence-electron chi connectivity index (χ1n) is 6.15. The molecule has 2 aromatic rings. The van der Waals surface area contributed by atoms with Crippen LogP contribution in [0.25, 0.3) is 0 Å². The molecule has 6 nitrogen and oxygen atoms in total. The van der Waals surface area contributed by atoms with E-state index in [-0.39, 0.29) is 17.3 Å². The van der Waals surface area contributed by atoms with Gasteiger partial charge in [-0.3, -0.25) is 14.7 Å². The van der Waals surface area contributed by atoms with Gasteiger partial charge in [0, 0.05) is 5.69 Å². The molecule has 0 saturated carbocycles. The van der Waals surface area contributed by atoms with Crippen molar-refractivity contribution < 1.29 is 4.79 Å². The second-order valence-electron chi connectivity index (χ2n) is 4.78. The van der Waals surface area contributed by atoms with Gasteiger partial charge in [-0.2, -0.15) is 5.10 Å². The lowest BCUT2D eigenvalue weighted by Crippen LogP contribution is -2.24. The van der Waals surface area contributed by atoms with E-state index in [0.29, 0.717) is 10.7 Å². The van der Waals surface area contributed by atoms with Gasteiger partial charge in [-0.15, -0.1) is 0 Å². The van der Waals surface area contributed by atoms with Gasteiger partial charge in [0.05, 0.1) is 5.69 Å². The number of H-pyrrole nitrogens is 2. The summed E-state index contributed by atoms with van der Waals surface area (Å²) in [7, 11) is 0. The van der Waals surface area contributed by atoms with E-state index in [9.17, 15) is 9.59 Å². The number of aryl methyl sites for hydroxylation is 1. The minimum absolute atomic E-state index is 0.0196. The Kier molecular flexibility index (Phi) is 3.94. The monoisotopic (exact) mass is 294 g/mol. The Morgan fingerprint density at radius 2 is 2.10 bits per heavy atom. The summed E-state index contributed by atoms with van der Waals surface area (Å²) in [5, 5.41) is 9.34. The molecule has 106 valence electrons. The van der Waals surface area contributed by atoms with Crippen LogP contribution in [0, 0.1) is 6.92 Å². The smallest absolute Gasteiger partial charge is 0.262 e. The van der Waals surface area contributed by atoms with Crippen LogP contribution in [0.2, 0.25) is 5.02 Å². The van der Waals surface area contributed by atoms with Gasteiger partial charge in [0.2, 0.25) is 0 Å². The minimum Gasteiger partial charge on any atom is -0.325 e. The van der Waals surface area contributed by atoms with Crippen LogP contribution in [0.15, 0.2) is 16.9 Å². The van der Waals surface area contributed by atoms with Gasteiger partial charge < -0.3 is 10.3 Å². The number of nitrogens with zero attached hydrogens (tertiary/aromatic N) is 1. The first kappa shape index (κ1) is 14.3. The lowest BCUT2D eigenvalue weighted by Gasteiger charge is -2.06. The number of carbonyl (C=O) groups excluding carboxylic acids is 1. The maximum absolute atomic E-state index is 12.0. The fraction of sp³-hybridized carbons (Fsp3) is 0.308. The number of aromatic amines is 2. The molecule has 0 aliphatic rings. The van der Waals surface area contributed by atoms with Gasteiger partial charge in [0.1, 0.15) is 10.6 Å². The second kappa shape index (κ2) is 5.50. The molecule has 0 bridgehead atoms.